The summed E-state index contributed by atoms with van der Waals surface area (Å²) in [5.41, 5.74) is 0. The topological polar surface area (TPSA) is 147 Å². The molecule has 0 heterocycles. The standard InChI is InChI=1S/C20H38O7S.C16H32O2.Na/c1-3-5-7-9-11-13-15-26-19(21)17-18(28(23,24)25)20(22)27-16-14-12-10-8-6-4-2;1-2-3-4-5-6-7-8-9-10-11-12-13-14-15-16(17)18;/h18H,3-17H2,1-2H3,(H,23,24,25);2-15H2,1H3,(H,17,18);/q;;+1/p-1. The number of hydrogen-bond donors (Lipinski definition) is 1. The van der Waals surface area contributed by atoms with Crippen LogP contribution in [-0.2, 0) is 34.0 Å². The zero-order valence-electron chi connectivity index (χ0n) is 30.7. The van der Waals surface area contributed by atoms with Gasteiger partial charge in [0, 0.05) is 6.42 Å². The fourth-order valence-corrected chi connectivity index (χ4v) is 5.67. The maximum absolute atomic E-state index is 11.9. The number of unbranched alkanes of at least 4 members (excludes halogenated alkanes) is 22. The van der Waals surface area contributed by atoms with Crippen LogP contribution in [-0.4, -0.2) is 54.4 Å². The molecule has 1 N–H and O–H groups in total. The van der Waals surface area contributed by atoms with E-state index in [0.717, 1.165) is 70.6 Å². The fraction of sp³-hybridized carbons (Fsp3) is 0.917. The first-order valence-corrected chi connectivity index (χ1v) is 20.1. The first-order chi connectivity index (χ1) is 22.1. The van der Waals surface area contributed by atoms with Crippen LogP contribution in [0.2, 0.25) is 0 Å². The summed E-state index contributed by atoms with van der Waals surface area (Å²) in [6.45, 7) is 6.70. The number of carbonyl (C=O) groups excluding carboxylic acids is 2. The molecule has 1 atom stereocenters. The summed E-state index contributed by atoms with van der Waals surface area (Å²) in [5.74, 6) is -2.69. The molecule has 0 aliphatic heterocycles. The number of carboxylic acids is 1. The quantitative estimate of drug-likeness (QED) is 0.0352. The average Bonchev–Trinajstić information content (AvgIpc) is 3.00. The molecule has 0 spiro atoms. The summed E-state index contributed by atoms with van der Waals surface area (Å²) < 4.78 is 43.8. The number of hydrogen-bond acceptors (Lipinski definition) is 8. The van der Waals surface area contributed by atoms with Gasteiger partial charge in [-0.1, -0.05) is 162 Å². The van der Waals surface area contributed by atoms with Crippen molar-refractivity contribution in [1.29, 1.82) is 0 Å². The van der Waals surface area contributed by atoms with Gasteiger partial charge in [-0.2, -0.15) is 0 Å². The second-order valence-corrected chi connectivity index (χ2v) is 14.1. The van der Waals surface area contributed by atoms with Crippen molar-refractivity contribution >= 4 is 28.0 Å². The molecule has 11 heteroatoms. The van der Waals surface area contributed by atoms with Crippen molar-refractivity contribution in [2.45, 2.75) is 199 Å². The Balaban J connectivity index is -0.000000883. The van der Waals surface area contributed by atoms with E-state index in [1.165, 1.54) is 77.0 Å². The van der Waals surface area contributed by atoms with Gasteiger partial charge in [0.05, 0.1) is 19.6 Å². The van der Waals surface area contributed by atoms with Crippen LogP contribution in [0.5, 0.6) is 0 Å². The van der Waals surface area contributed by atoms with E-state index in [4.69, 9.17) is 14.6 Å². The van der Waals surface area contributed by atoms with E-state index in [1.807, 2.05) is 0 Å². The molecule has 0 aromatic carbocycles. The zero-order chi connectivity index (χ0) is 34.7. The van der Waals surface area contributed by atoms with Crippen LogP contribution in [0.4, 0.5) is 0 Å². The molecule has 1 unspecified atom stereocenters. The van der Waals surface area contributed by atoms with Gasteiger partial charge in [0.15, 0.2) is 5.25 Å². The van der Waals surface area contributed by atoms with Crippen molar-refractivity contribution in [3.8, 4) is 0 Å². The van der Waals surface area contributed by atoms with E-state index in [-0.39, 0.29) is 42.8 Å². The molecule has 9 nitrogen and oxygen atoms in total. The van der Waals surface area contributed by atoms with Crippen LogP contribution < -0.4 is 29.6 Å². The van der Waals surface area contributed by atoms with Crippen LogP contribution in [0.1, 0.15) is 194 Å². The van der Waals surface area contributed by atoms with E-state index in [9.17, 15) is 27.4 Å². The van der Waals surface area contributed by atoms with Gasteiger partial charge < -0.3 is 19.1 Å². The van der Waals surface area contributed by atoms with Gasteiger partial charge in [-0.05, 0) is 19.3 Å². The van der Waals surface area contributed by atoms with Crippen molar-refractivity contribution in [3.63, 3.8) is 0 Å². The van der Waals surface area contributed by atoms with Crippen molar-refractivity contribution in [1.82, 2.24) is 0 Å². The van der Waals surface area contributed by atoms with E-state index >= 15 is 0 Å². The normalized spacial score (nSPS) is 11.6. The minimum atomic E-state index is -4.98. The Morgan fingerprint density at radius 2 is 0.872 bits per heavy atom. The van der Waals surface area contributed by atoms with Gasteiger partial charge in [0.25, 0.3) is 0 Å². The van der Waals surface area contributed by atoms with Gasteiger partial charge in [0.1, 0.15) is 10.1 Å². The van der Waals surface area contributed by atoms with Gasteiger partial charge in [-0.3, -0.25) is 14.4 Å². The van der Waals surface area contributed by atoms with Crippen molar-refractivity contribution < 1.29 is 71.5 Å². The van der Waals surface area contributed by atoms with Crippen molar-refractivity contribution in [3.05, 3.63) is 0 Å². The van der Waals surface area contributed by atoms with Gasteiger partial charge >= 0.3 is 47.5 Å². The van der Waals surface area contributed by atoms with Crippen LogP contribution >= 0.6 is 0 Å². The molecule has 0 saturated carbocycles. The first-order valence-electron chi connectivity index (χ1n) is 18.6. The second kappa shape index (κ2) is 38.1. The molecular formula is C36H69NaO9S. The summed E-state index contributed by atoms with van der Waals surface area (Å²) in [5, 5.41) is 6.45. The van der Waals surface area contributed by atoms with Crippen molar-refractivity contribution in [2.75, 3.05) is 13.2 Å². The Labute approximate surface area is 310 Å². The van der Waals surface area contributed by atoms with Crippen LogP contribution in [0.25, 0.3) is 0 Å². The Morgan fingerprint density at radius 1 is 0.553 bits per heavy atom. The molecule has 274 valence electrons. The Bertz CT molecular complexity index is 821. The predicted molar refractivity (Wildman–Crippen MR) is 185 cm³/mol. The third-order valence-corrected chi connectivity index (χ3v) is 9.02. The molecule has 0 fully saturated rings. The number of ether oxygens (including phenoxy) is 2. The Hall–Kier alpha value is -0.680. The van der Waals surface area contributed by atoms with Gasteiger partial charge in [0.2, 0.25) is 0 Å². The minimum absolute atomic E-state index is 0. The van der Waals surface area contributed by atoms with E-state index in [2.05, 4.69) is 20.8 Å². The van der Waals surface area contributed by atoms with Crippen LogP contribution in [0.3, 0.4) is 0 Å². The molecule has 0 aromatic heterocycles. The summed E-state index contributed by atoms with van der Waals surface area (Å²) in [7, 11) is -4.98. The molecule has 0 saturated heterocycles. The molecule has 0 aliphatic rings. The monoisotopic (exact) mass is 700 g/mol. The molecular weight excluding hydrogens is 631 g/mol. The first kappa shape index (κ1) is 50.7. The zero-order valence-corrected chi connectivity index (χ0v) is 33.5. The fourth-order valence-electron chi connectivity index (χ4n) is 5.02. The number of carboxylic acid groups (broad SMARTS) is 1. The van der Waals surface area contributed by atoms with E-state index < -0.39 is 39.7 Å². The maximum Gasteiger partial charge on any atom is 1.00 e. The van der Waals surface area contributed by atoms with Gasteiger partial charge in [-0.15, -0.1) is 0 Å². The van der Waals surface area contributed by atoms with E-state index in [1.54, 1.807) is 0 Å². The van der Waals surface area contributed by atoms with Gasteiger partial charge in [-0.25, -0.2) is 8.42 Å². The third kappa shape index (κ3) is 39.6. The molecule has 0 aliphatic carbocycles. The minimum Gasteiger partial charge on any atom is -0.747 e. The summed E-state index contributed by atoms with van der Waals surface area (Å²) >= 11 is 0. The molecule has 0 radical (unpaired) electrons. The van der Waals surface area contributed by atoms with Crippen LogP contribution in [0, 0.1) is 0 Å². The smallest absolute Gasteiger partial charge is 0.747 e. The third-order valence-electron chi connectivity index (χ3n) is 7.96. The maximum atomic E-state index is 11.9. The number of esters is 2. The largest absolute Gasteiger partial charge is 1.00 e. The second-order valence-electron chi connectivity index (χ2n) is 12.5. The molecule has 0 bridgehead atoms. The molecule has 0 aromatic rings. The average molecular weight is 701 g/mol. The number of aliphatic carboxylic acids is 1. The molecule has 0 amide bonds. The van der Waals surface area contributed by atoms with Crippen molar-refractivity contribution in [2.24, 2.45) is 0 Å². The summed E-state index contributed by atoms with van der Waals surface area (Å²) in [6, 6.07) is 0. The molecule has 0 rings (SSSR count). The van der Waals surface area contributed by atoms with E-state index in [0.29, 0.717) is 19.3 Å². The number of rotatable bonds is 32. The summed E-state index contributed by atoms with van der Waals surface area (Å²) in [4.78, 5) is 34.0. The van der Waals surface area contributed by atoms with Crippen LogP contribution in [0.15, 0.2) is 0 Å². The molecule has 47 heavy (non-hydrogen) atoms. The Kier molecular flexibility index (Phi) is 41.1. The predicted octanol–water partition coefficient (Wildman–Crippen LogP) is 6.65. The Morgan fingerprint density at radius 3 is 1.21 bits per heavy atom. The SMILES string of the molecule is CCCCCCCCCCCCCCCC(=O)O.CCCCCCCCOC(=O)CC(C(=O)OCCCCCCCC)S(=O)(=O)[O-].[Na+]. The summed E-state index contributed by atoms with van der Waals surface area (Å²) in [6.07, 6.45) is 28.4. The number of carbonyl (C=O) groups is 3.